The van der Waals surface area contributed by atoms with Crippen molar-refractivity contribution in [2.75, 3.05) is 29.9 Å². The summed E-state index contributed by atoms with van der Waals surface area (Å²) in [5.74, 6) is 0.660. The number of benzene rings is 1. The highest BCUT2D eigenvalue weighted by molar-refractivity contribution is 6.32. The Labute approximate surface area is 164 Å². The van der Waals surface area contributed by atoms with E-state index >= 15 is 0 Å². The Morgan fingerprint density at radius 1 is 1.30 bits per heavy atom. The fourth-order valence-electron chi connectivity index (χ4n) is 2.99. The average molecular weight is 386 g/mol. The third-order valence-corrected chi connectivity index (χ3v) is 5.15. The number of aromatic nitrogens is 1. The van der Waals surface area contributed by atoms with Crippen molar-refractivity contribution in [2.45, 2.75) is 25.7 Å². The molecule has 142 valence electrons. The van der Waals surface area contributed by atoms with Crippen LogP contribution in [-0.2, 0) is 10.2 Å². The molecule has 0 atom stereocenters. The molecule has 27 heavy (non-hydrogen) atoms. The molecule has 0 aliphatic carbocycles. The van der Waals surface area contributed by atoms with Gasteiger partial charge in [-0.25, -0.2) is 4.98 Å². The van der Waals surface area contributed by atoms with E-state index in [4.69, 9.17) is 11.6 Å². The van der Waals surface area contributed by atoms with Crippen LogP contribution in [0.3, 0.4) is 0 Å². The number of carbonyl (C=O) groups excluding carboxylic acids is 1. The maximum atomic E-state index is 12.5. The van der Waals surface area contributed by atoms with Crippen LogP contribution in [-0.4, -0.2) is 35.7 Å². The molecule has 2 heterocycles. The molecular formula is C21H24ClN3O2. The molecule has 1 amide bonds. The molecule has 0 fully saturated rings. The van der Waals surface area contributed by atoms with Crippen LogP contribution < -0.4 is 10.2 Å². The zero-order chi connectivity index (χ0) is 19.4. The highest BCUT2D eigenvalue weighted by atomic mass is 35.5. The highest BCUT2D eigenvalue weighted by Gasteiger charge is 2.21. The van der Waals surface area contributed by atoms with Crippen molar-refractivity contribution in [2.24, 2.45) is 0 Å². The van der Waals surface area contributed by atoms with Gasteiger partial charge in [0.2, 0.25) is 0 Å². The first-order chi connectivity index (χ1) is 12.9. The number of nitrogens with one attached hydrogen (secondary N) is 1. The van der Waals surface area contributed by atoms with Crippen molar-refractivity contribution in [3.8, 4) is 0 Å². The van der Waals surface area contributed by atoms with Crippen LogP contribution in [0.25, 0.3) is 0 Å². The number of pyridine rings is 1. The van der Waals surface area contributed by atoms with Crippen molar-refractivity contribution in [3.63, 3.8) is 0 Å². The van der Waals surface area contributed by atoms with Gasteiger partial charge in [-0.15, -0.1) is 0 Å². The zero-order valence-electron chi connectivity index (χ0n) is 15.6. The fourth-order valence-corrected chi connectivity index (χ4v) is 3.23. The van der Waals surface area contributed by atoms with Gasteiger partial charge in [-0.05, 0) is 36.2 Å². The van der Waals surface area contributed by atoms with E-state index in [1.54, 1.807) is 12.3 Å². The van der Waals surface area contributed by atoms with Gasteiger partial charge < -0.3 is 15.3 Å². The summed E-state index contributed by atoms with van der Waals surface area (Å²) in [6.45, 7) is 5.32. The molecule has 6 heteroatoms. The van der Waals surface area contributed by atoms with Crippen LogP contribution in [0.1, 0.15) is 25.8 Å². The van der Waals surface area contributed by atoms with Gasteiger partial charge >= 0.3 is 0 Å². The van der Waals surface area contributed by atoms with E-state index in [9.17, 15) is 9.90 Å². The zero-order valence-corrected chi connectivity index (χ0v) is 16.3. The van der Waals surface area contributed by atoms with Crippen LogP contribution in [0.4, 0.5) is 11.5 Å². The molecule has 0 radical (unpaired) electrons. The van der Waals surface area contributed by atoms with Crippen LogP contribution in [0.15, 0.2) is 54.2 Å². The lowest BCUT2D eigenvalue weighted by atomic mass is 9.85. The topological polar surface area (TPSA) is 65.5 Å². The van der Waals surface area contributed by atoms with E-state index in [0.717, 1.165) is 22.6 Å². The van der Waals surface area contributed by atoms with Gasteiger partial charge in [-0.3, -0.25) is 4.79 Å². The molecule has 0 saturated carbocycles. The highest BCUT2D eigenvalue weighted by Crippen LogP contribution is 2.26. The average Bonchev–Trinajstić information content (AvgIpc) is 2.69. The van der Waals surface area contributed by atoms with E-state index in [2.05, 4.69) is 15.2 Å². The number of carbonyl (C=O) groups is 1. The van der Waals surface area contributed by atoms with Crippen molar-refractivity contribution in [1.29, 1.82) is 0 Å². The largest absolute Gasteiger partial charge is 0.395 e. The predicted molar refractivity (Wildman–Crippen MR) is 109 cm³/mol. The monoisotopic (exact) mass is 385 g/mol. The third kappa shape index (κ3) is 4.49. The molecule has 3 rings (SSSR count). The summed E-state index contributed by atoms with van der Waals surface area (Å²) in [6.07, 6.45) is 4.27. The van der Waals surface area contributed by atoms with Crippen molar-refractivity contribution < 1.29 is 9.90 Å². The smallest absolute Gasteiger partial charge is 0.251 e. The molecule has 0 spiro atoms. The van der Waals surface area contributed by atoms with Crippen molar-refractivity contribution >= 4 is 29.0 Å². The molecule has 0 saturated heterocycles. The fraction of sp³-hybridized carbons (Fsp3) is 0.333. The normalized spacial score (nSPS) is 14.7. The molecule has 0 bridgehead atoms. The first-order valence-electron chi connectivity index (χ1n) is 8.98. The maximum Gasteiger partial charge on any atom is 0.251 e. The third-order valence-electron chi connectivity index (χ3n) is 4.86. The Kier molecular flexibility index (Phi) is 5.82. The number of rotatable bonds is 5. The standard InChI is InChI=1S/C21H24ClN3O2/c1-21(2,14-26)16-5-7-17(8-6-16)24-20(27)15-9-12-25(13-10-15)19-18(22)4-3-11-23-19/h3-9,11,26H,10,12-14H2,1-2H3,(H,24,27). The lowest BCUT2D eigenvalue weighted by Gasteiger charge is -2.27. The summed E-state index contributed by atoms with van der Waals surface area (Å²) < 4.78 is 0. The molecular weight excluding hydrogens is 362 g/mol. The molecule has 2 N–H and O–H groups in total. The quantitative estimate of drug-likeness (QED) is 0.822. The first-order valence-corrected chi connectivity index (χ1v) is 9.36. The molecule has 1 aromatic carbocycles. The minimum Gasteiger partial charge on any atom is -0.395 e. The first kappa shape index (κ1) is 19.4. The van der Waals surface area contributed by atoms with Crippen LogP contribution in [0.5, 0.6) is 0 Å². The summed E-state index contributed by atoms with van der Waals surface area (Å²) in [7, 11) is 0. The number of hydrogen-bond acceptors (Lipinski definition) is 4. The van der Waals surface area contributed by atoms with E-state index in [1.165, 1.54) is 0 Å². The summed E-state index contributed by atoms with van der Waals surface area (Å²) in [6, 6.07) is 11.2. The number of amides is 1. The molecule has 2 aromatic rings. The Bertz CT molecular complexity index is 847. The van der Waals surface area contributed by atoms with Crippen LogP contribution in [0, 0.1) is 0 Å². The second kappa shape index (κ2) is 8.11. The van der Waals surface area contributed by atoms with Gasteiger partial charge in [0.25, 0.3) is 5.91 Å². The second-order valence-electron chi connectivity index (χ2n) is 7.31. The Morgan fingerprint density at radius 3 is 2.63 bits per heavy atom. The number of nitrogens with zero attached hydrogens (tertiary/aromatic N) is 2. The lowest BCUT2D eigenvalue weighted by Crippen LogP contribution is -2.32. The number of anilines is 2. The molecule has 1 aliphatic rings. The number of aliphatic hydroxyl groups excluding tert-OH is 1. The van der Waals surface area contributed by atoms with E-state index in [0.29, 0.717) is 24.5 Å². The molecule has 1 aromatic heterocycles. The van der Waals surface area contributed by atoms with Gasteiger partial charge in [0, 0.05) is 36.0 Å². The van der Waals surface area contributed by atoms with Gasteiger partial charge in [0.15, 0.2) is 0 Å². The molecule has 5 nitrogen and oxygen atoms in total. The van der Waals surface area contributed by atoms with E-state index in [-0.39, 0.29) is 17.9 Å². The SMILES string of the molecule is CC(C)(CO)c1ccc(NC(=O)C2=CCN(c3ncccc3Cl)CC2)cc1. The van der Waals surface area contributed by atoms with Gasteiger partial charge in [-0.2, -0.15) is 0 Å². The minimum absolute atomic E-state index is 0.0718. The molecule has 0 unspecified atom stereocenters. The number of hydrogen-bond donors (Lipinski definition) is 2. The van der Waals surface area contributed by atoms with Gasteiger partial charge in [-0.1, -0.05) is 43.7 Å². The van der Waals surface area contributed by atoms with Gasteiger partial charge in [0.05, 0.1) is 11.6 Å². The summed E-state index contributed by atoms with van der Waals surface area (Å²) >= 11 is 6.20. The summed E-state index contributed by atoms with van der Waals surface area (Å²) in [5.41, 5.74) is 2.24. The van der Waals surface area contributed by atoms with Gasteiger partial charge in [0.1, 0.15) is 5.82 Å². The Morgan fingerprint density at radius 2 is 2.04 bits per heavy atom. The number of aliphatic hydroxyl groups is 1. The van der Waals surface area contributed by atoms with E-state index < -0.39 is 0 Å². The minimum atomic E-state index is -0.301. The Hall–Kier alpha value is -2.37. The van der Waals surface area contributed by atoms with Crippen LogP contribution >= 0.6 is 11.6 Å². The predicted octanol–water partition coefficient (Wildman–Crippen LogP) is 3.78. The number of halogens is 1. The lowest BCUT2D eigenvalue weighted by molar-refractivity contribution is -0.113. The molecule has 1 aliphatic heterocycles. The van der Waals surface area contributed by atoms with Crippen molar-refractivity contribution in [1.82, 2.24) is 4.98 Å². The van der Waals surface area contributed by atoms with Crippen molar-refractivity contribution in [3.05, 3.63) is 64.8 Å². The second-order valence-corrected chi connectivity index (χ2v) is 7.71. The summed E-state index contributed by atoms with van der Waals surface area (Å²) in [5, 5.41) is 13.0. The van der Waals surface area contributed by atoms with E-state index in [1.807, 2.05) is 50.3 Å². The van der Waals surface area contributed by atoms with Crippen LogP contribution in [0.2, 0.25) is 5.02 Å². The summed E-state index contributed by atoms with van der Waals surface area (Å²) in [4.78, 5) is 18.9. The Balaban J connectivity index is 1.63. The maximum absolute atomic E-state index is 12.5.